The maximum Gasteiger partial charge on any atom is -1.00 e. The standard InChI is InChI=1S/2C8H11.2ClH.Ir/c2*1-2-4-6-8-7-5-3-1;;;/h2*1-2,7H,3-6H2;2*1H;/q;;;;+2/p-2/b2*2-1-,8-7?;;;. The molecule has 0 aromatic rings. The van der Waals surface area contributed by atoms with Gasteiger partial charge in [0.25, 0.3) is 0 Å². The third-order valence-corrected chi connectivity index (χ3v) is 6.72. The zero-order valence-electron chi connectivity index (χ0n) is 11.2. The molecule has 3 heteroatoms. The molecule has 0 amide bonds. The molecule has 0 fully saturated rings. The van der Waals surface area contributed by atoms with E-state index in [4.69, 9.17) is 0 Å². The Morgan fingerprint density at radius 1 is 0.579 bits per heavy atom. The van der Waals surface area contributed by atoms with E-state index in [1.54, 1.807) is 8.17 Å². The fourth-order valence-corrected chi connectivity index (χ4v) is 5.51. The van der Waals surface area contributed by atoms with E-state index in [1.165, 1.54) is 51.4 Å². The largest absolute Gasteiger partial charge is 1.00 e. The van der Waals surface area contributed by atoms with Crippen molar-refractivity contribution in [2.75, 3.05) is 0 Å². The van der Waals surface area contributed by atoms with Crippen molar-refractivity contribution in [2.24, 2.45) is 0 Å². The van der Waals surface area contributed by atoms with Crippen LogP contribution < -0.4 is 24.8 Å². The van der Waals surface area contributed by atoms with E-state index in [2.05, 4.69) is 36.5 Å². The molecule has 0 radical (unpaired) electrons. The molecule has 109 valence electrons. The first-order valence-electron chi connectivity index (χ1n) is 6.73. The van der Waals surface area contributed by atoms with Gasteiger partial charge in [-0.05, 0) is 0 Å². The van der Waals surface area contributed by atoms with Gasteiger partial charge in [0.2, 0.25) is 0 Å². The average molecular weight is 477 g/mol. The van der Waals surface area contributed by atoms with Crippen LogP contribution in [0.3, 0.4) is 0 Å². The summed E-state index contributed by atoms with van der Waals surface area (Å²) in [6, 6.07) is 0. The van der Waals surface area contributed by atoms with Crippen molar-refractivity contribution >= 4 is 0 Å². The van der Waals surface area contributed by atoms with Gasteiger partial charge in [-0.3, -0.25) is 0 Å². The number of rotatable bonds is 2. The predicted molar refractivity (Wildman–Crippen MR) is 71.4 cm³/mol. The summed E-state index contributed by atoms with van der Waals surface area (Å²) in [4.78, 5) is 0. The minimum absolute atomic E-state index is 0. The van der Waals surface area contributed by atoms with Crippen LogP contribution in [0, 0.1) is 0 Å². The summed E-state index contributed by atoms with van der Waals surface area (Å²) >= 11 is 0.0328. The molecule has 0 bridgehead atoms. The number of allylic oxidation sites excluding steroid dienone is 8. The zero-order valence-corrected chi connectivity index (χ0v) is 15.1. The van der Waals surface area contributed by atoms with Crippen molar-refractivity contribution in [1.82, 2.24) is 0 Å². The first kappa shape index (κ1) is 19.2. The minimum Gasteiger partial charge on any atom is -1.00 e. The summed E-state index contributed by atoms with van der Waals surface area (Å²) in [5, 5.41) is 0. The molecule has 0 aromatic carbocycles. The Bertz CT molecular complexity index is 320. The van der Waals surface area contributed by atoms with Crippen LogP contribution >= 0.6 is 0 Å². The Labute approximate surface area is 138 Å². The van der Waals surface area contributed by atoms with Crippen LogP contribution in [0.1, 0.15) is 51.4 Å². The van der Waals surface area contributed by atoms with E-state index in [9.17, 15) is 0 Å². The summed E-state index contributed by atoms with van der Waals surface area (Å²) in [6.07, 6.45) is 24.7. The van der Waals surface area contributed by atoms with E-state index in [1.807, 2.05) is 0 Å². The predicted octanol–water partition coefficient (Wildman–Crippen LogP) is -0.895. The maximum absolute atomic E-state index is 2.54. The molecular formula is C16H22Cl2Ir. The van der Waals surface area contributed by atoms with Gasteiger partial charge in [0.1, 0.15) is 0 Å². The van der Waals surface area contributed by atoms with Crippen LogP contribution in [0.5, 0.6) is 0 Å². The van der Waals surface area contributed by atoms with Crippen molar-refractivity contribution in [3.8, 4) is 0 Å². The van der Waals surface area contributed by atoms with Crippen molar-refractivity contribution in [1.29, 1.82) is 0 Å². The van der Waals surface area contributed by atoms with Crippen LogP contribution in [-0.2, 0) is 17.7 Å². The third-order valence-electron chi connectivity index (χ3n) is 3.00. The molecule has 0 heterocycles. The van der Waals surface area contributed by atoms with Crippen molar-refractivity contribution in [3.05, 3.63) is 44.6 Å². The summed E-state index contributed by atoms with van der Waals surface area (Å²) in [6.45, 7) is 0. The minimum atomic E-state index is 0. The van der Waals surface area contributed by atoms with Gasteiger partial charge in [-0.15, -0.1) is 0 Å². The van der Waals surface area contributed by atoms with Crippen molar-refractivity contribution in [2.45, 2.75) is 51.4 Å². The van der Waals surface area contributed by atoms with Gasteiger partial charge in [0.15, 0.2) is 0 Å². The Morgan fingerprint density at radius 3 is 1.47 bits per heavy atom. The van der Waals surface area contributed by atoms with Gasteiger partial charge in [-0.1, -0.05) is 0 Å². The average Bonchev–Trinajstić information content (AvgIpc) is 2.24. The van der Waals surface area contributed by atoms with Gasteiger partial charge in [-0.2, -0.15) is 0 Å². The Kier molecular flexibility index (Phi) is 12.1. The van der Waals surface area contributed by atoms with E-state index >= 15 is 0 Å². The Balaban J connectivity index is 0.00000162. The molecule has 2 aliphatic carbocycles. The van der Waals surface area contributed by atoms with Crippen LogP contribution in [0.25, 0.3) is 0 Å². The molecule has 19 heavy (non-hydrogen) atoms. The SMILES string of the molecule is C1=C\CC/[C]([Ir+2]/[C]2=C/CC/C=C\CC2)=C\CC/1.[Cl-].[Cl-]. The number of hydrogen-bond donors (Lipinski definition) is 0. The smallest absolute Gasteiger partial charge is 1.00 e. The second-order valence-electron chi connectivity index (χ2n) is 4.50. The molecule has 0 aliphatic heterocycles. The molecule has 2 aliphatic rings. The molecule has 2 rings (SSSR count). The summed E-state index contributed by atoms with van der Waals surface area (Å²) in [5.41, 5.74) is 0. The topological polar surface area (TPSA) is 0 Å². The van der Waals surface area contributed by atoms with Crippen LogP contribution in [0.4, 0.5) is 0 Å². The van der Waals surface area contributed by atoms with Gasteiger partial charge < -0.3 is 24.8 Å². The summed E-state index contributed by atoms with van der Waals surface area (Å²) in [7, 11) is 0. The van der Waals surface area contributed by atoms with Gasteiger partial charge in [0, 0.05) is 0 Å². The first-order chi connectivity index (χ1) is 8.45. The molecule has 0 N–H and O–H groups in total. The zero-order chi connectivity index (χ0) is 11.8. The fourth-order valence-electron chi connectivity index (χ4n) is 2.05. The summed E-state index contributed by atoms with van der Waals surface area (Å²) in [5.74, 6) is 0. The van der Waals surface area contributed by atoms with E-state index < -0.39 is 0 Å². The van der Waals surface area contributed by atoms with Crippen molar-refractivity contribution in [3.63, 3.8) is 0 Å². The summed E-state index contributed by atoms with van der Waals surface area (Å²) < 4.78 is 3.59. The molecular weight excluding hydrogens is 455 g/mol. The molecule has 0 saturated carbocycles. The second-order valence-corrected chi connectivity index (χ2v) is 8.18. The molecule has 0 aromatic heterocycles. The monoisotopic (exact) mass is 477 g/mol. The van der Waals surface area contributed by atoms with E-state index in [-0.39, 0.29) is 42.5 Å². The second kappa shape index (κ2) is 12.0. The first-order valence-corrected chi connectivity index (χ1v) is 9.13. The fraction of sp³-hybridized carbons (Fsp3) is 0.500. The Morgan fingerprint density at radius 2 is 1.00 bits per heavy atom. The van der Waals surface area contributed by atoms with Crippen molar-refractivity contribution < 1.29 is 42.5 Å². The number of hydrogen-bond acceptors (Lipinski definition) is 0. The van der Waals surface area contributed by atoms with Crippen LogP contribution in [0.15, 0.2) is 44.6 Å². The Hall–Kier alpha value is 0.189. The van der Waals surface area contributed by atoms with Gasteiger partial charge in [0.05, 0.1) is 0 Å². The quantitative estimate of drug-likeness (QED) is 0.453. The molecule has 0 saturated heterocycles. The van der Waals surface area contributed by atoms with E-state index in [0.29, 0.717) is 0 Å². The molecule has 0 atom stereocenters. The molecule has 0 unspecified atom stereocenters. The van der Waals surface area contributed by atoms with E-state index in [0.717, 1.165) is 0 Å². The number of halogens is 2. The van der Waals surface area contributed by atoms with Gasteiger partial charge >= 0.3 is 114 Å². The van der Waals surface area contributed by atoms with Gasteiger partial charge in [-0.25, -0.2) is 0 Å². The van der Waals surface area contributed by atoms with Crippen LogP contribution in [-0.4, -0.2) is 0 Å². The third kappa shape index (κ3) is 8.15. The van der Waals surface area contributed by atoms with Crippen LogP contribution in [0.2, 0.25) is 0 Å². The maximum atomic E-state index is 2.54. The molecule has 0 spiro atoms. The molecule has 0 nitrogen and oxygen atoms in total. The normalized spacial score (nSPS) is 28.4.